The van der Waals surface area contributed by atoms with Gasteiger partial charge >= 0.3 is 6.18 Å². The summed E-state index contributed by atoms with van der Waals surface area (Å²) in [5.41, 5.74) is 0.0331. The maximum atomic E-state index is 12.4. The summed E-state index contributed by atoms with van der Waals surface area (Å²) in [5.74, 6) is -1.35. The summed E-state index contributed by atoms with van der Waals surface area (Å²) in [6, 6.07) is 5.47. The van der Waals surface area contributed by atoms with Crippen molar-refractivity contribution < 1.29 is 23.0 Å². The third kappa shape index (κ3) is 2.86. The van der Waals surface area contributed by atoms with Gasteiger partial charge in [-0.25, -0.2) is 0 Å². The zero-order chi connectivity index (χ0) is 11.5. The highest BCUT2D eigenvalue weighted by molar-refractivity contribution is 5.30. The van der Waals surface area contributed by atoms with Gasteiger partial charge in [0.2, 0.25) is 0 Å². The van der Waals surface area contributed by atoms with E-state index in [0.29, 0.717) is 5.75 Å². The normalized spacial score (nSPS) is 13.7. The number of aliphatic hydroxyl groups excluding tert-OH is 1. The molecule has 84 valence electrons. The molecule has 1 rings (SSSR count). The Morgan fingerprint density at radius 1 is 1.27 bits per heavy atom. The Balaban J connectivity index is 2.93. The van der Waals surface area contributed by atoms with Crippen LogP contribution in [0.15, 0.2) is 24.3 Å². The first kappa shape index (κ1) is 11.8. The number of methoxy groups -OCH3 is 1. The molecule has 1 aromatic rings. The lowest BCUT2D eigenvalue weighted by Crippen LogP contribution is -2.23. The second-order valence-corrected chi connectivity index (χ2v) is 3.05. The van der Waals surface area contributed by atoms with E-state index in [0.717, 1.165) is 0 Å². The largest absolute Gasteiger partial charge is 0.497 e. The Morgan fingerprint density at radius 3 is 2.13 bits per heavy atom. The minimum Gasteiger partial charge on any atom is -0.497 e. The van der Waals surface area contributed by atoms with Gasteiger partial charge < -0.3 is 9.84 Å². The van der Waals surface area contributed by atoms with Crippen molar-refractivity contribution >= 4 is 0 Å². The molecule has 1 aromatic carbocycles. The van der Waals surface area contributed by atoms with E-state index in [1.54, 1.807) is 0 Å². The maximum absolute atomic E-state index is 12.4. The van der Waals surface area contributed by atoms with Crippen molar-refractivity contribution in [2.75, 3.05) is 13.7 Å². The first-order chi connectivity index (χ1) is 6.99. The lowest BCUT2D eigenvalue weighted by Gasteiger charge is -2.18. The van der Waals surface area contributed by atoms with Crippen LogP contribution < -0.4 is 4.74 Å². The van der Waals surface area contributed by atoms with Gasteiger partial charge in [-0.2, -0.15) is 13.2 Å². The Labute approximate surface area is 85.3 Å². The van der Waals surface area contributed by atoms with E-state index >= 15 is 0 Å². The van der Waals surface area contributed by atoms with Crippen molar-refractivity contribution in [2.24, 2.45) is 0 Å². The van der Waals surface area contributed by atoms with E-state index in [9.17, 15) is 13.2 Å². The topological polar surface area (TPSA) is 29.5 Å². The minimum atomic E-state index is -4.43. The molecule has 5 heteroatoms. The lowest BCUT2D eigenvalue weighted by atomic mass is 9.99. The van der Waals surface area contributed by atoms with Crippen LogP contribution in [0.3, 0.4) is 0 Å². The molecule has 0 aliphatic rings. The van der Waals surface area contributed by atoms with Crippen LogP contribution >= 0.6 is 0 Å². The van der Waals surface area contributed by atoms with Crippen LogP contribution in [0.2, 0.25) is 0 Å². The smallest absolute Gasteiger partial charge is 0.397 e. The minimum absolute atomic E-state index is 0.0331. The number of aliphatic hydroxyl groups is 1. The molecule has 0 unspecified atom stereocenters. The molecule has 0 amide bonds. The van der Waals surface area contributed by atoms with Gasteiger partial charge in [-0.05, 0) is 17.7 Å². The molecule has 0 radical (unpaired) electrons. The van der Waals surface area contributed by atoms with Crippen LogP contribution in [0.4, 0.5) is 13.2 Å². The van der Waals surface area contributed by atoms with Gasteiger partial charge in [0.05, 0.1) is 13.7 Å². The molecular formula is C10H11F3O2. The SMILES string of the molecule is COc1ccc([C@H](CO)C(F)(F)F)cc1. The fraction of sp³-hybridized carbons (Fsp3) is 0.400. The summed E-state index contributed by atoms with van der Waals surface area (Å²) in [4.78, 5) is 0. The highest BCUT2D eigenvalue weighted by Gasteiger charge is 2.40. The molecule has 15 heavy (non-hydrogen) atoms. The van der Waals surface area contributed by atoms with E-state index in [1.807, 2.05) is 0 Å². The second kappa shape index (κ2) is 4.53. The van der Waals surface area contributed by atoms with Gasteiger partial charge in [0.1, 0.15) is 11.7 Å². The van der Waals surface area contributed by atoms with Crippen LogP contribution in [-0.4, -0.2) is 25.0 Å². The van der Waals surface area contributed by atoms with E-state index in [4.69, 9.17) is 9.84 Å². The third-order valence-electron chi connectivity index (χ3n) is 2.10. The average Bonchev–Trinajstić information content (AvgIpc) is 2.18. The summed E-state index contributed by atoms with van der Waals surface area (Å²) in [7, 11) is 1.43. The van der Waals surface area contributed by atoms with Crippen LogP contribution in [0.5, 0.6) is 5.75 Å². The van der Waals surface area contributed by atoms with Crippen LogP contribution in [0.1, 0.15) is 11.5 Å². The number of alkyl halides is 3. The van der Waals surface area contributed by atoms with Crippen molar-refractivity contribution in [3.63, 3.8) is 0 Å². The van der Waals surface area contributed by atoms with Crippen molar-refractivity contribution in [2.45, 2.75) is 12.1 Å². The molecule has 0 bridgehead atoms. The molecule has 0 spiro atoms. The summed E-state index contributed by atoms with van der Waals surface area (Å²) in [6.07, 6.45) is -4.43. The number of rotatable bonds is 3. The zero-order valence-electron chi connectivity index (χ0n) is 8.08. The van der Waals surface area contributed by atoms with Crippen molar-refractivity contribution in [1.82, 2.24) is 0 Å². The Bertz CT molecular complexity index is 305. The fourth-order valence-corrected chi connectivity index (χ4v) is 1.23. The average molecular weight is 220 g/mol. The van der Waals surface area contributed by atoms with Crippen LogP contribution in [-0.2, 0) is 0 Å². The molecular weight excluding hydrogens is 209 g/mol. The maximum Gasteiger partial charge on any atom is 0.397 e. The molecule has 0 saturated heterocycles. The van der Waals surface area contributed by atoms with Crippen LogP contribution in [0, 0.1) is 0 Å². The lowest BCUT2D eigenvalue weighted by molar-refractivity contribution is -0.158. The third-order valence-corrected chi connectivity index (χ3v) is 2.10. The van der Waals surface area contributed by atoms with E-state index in [-0.39, 0.29) is 5.56 Å². The van der Waals surface area contributed by atoms with E-state index in [2.05, 4.69) is 0 Å². The highest BCUT2D eigenvalue weighted by Crippen LogP contribution is 2.34. The Morgan fingerprint density at radius 2 is 1.80 bits per heavy atom. The molecule has 2 nitrogen and oxygen atoms in total. The summed E-state index contributed by atoms with van der Waals surface area (Å²) in [5, 5.41) is 8.69. The number of ether oxygens (including phenoxy) is 1. The second-order valence-electron chi connectivity index (χ2n) is 3.05. The van der Waals surface area contributed by atoms with Crippen LogP contribution in [0.25, 0.3) is 0 Å². The summed E-state index contributed by atoms with van der Waals surface area (Å²) < 4.78 is 42.0. The van der Waals surface area contributed by atoms with Gasteiger partial charge in [0.25, 0.3) is 0 Å². The van der Waals surface area contributed by atoms with Gasteiger partial charge in [0.15, 0.2) is 0 Å². The molecule has 0 aromatic heterocycles. The molecule has 0 aliphatic carbocycles. The fourth-order valence-electron chi connectivity index (χ4n) is 1.23. The molecule has 0 aliphatic heterocycles. The number of hydrogen-bond donors (Lipinski definition) is 1. The molecule has 0 saturated carbocycles. The van der Waals surface area contributed by atoms with Crippen molar-refractivity contribution in [3.05, 3.63) is 29.8 Å². The summed E-state index contributed by atoms with van der Waals surface area (Å²) in [6.45, 7) is -0.949. The summed E-state index contributed by atoms with van der Waals surface area (Å²) >= 11 is 0. The monoisotopic (exact) mass is 220 g/mol. The quantitative estimate of drug-likeness (QED) is 0.847. The van der Waals surface area contributed by atoms with E-state index < -0.39 is 18.7 Å². The number of halogens is 3. The standard InChI is InChI=1S/C10H11F3O2/c1-15-8-4-2-7(3-5-8)9(6-14)10(11,12)13/h2-5,9,14H,6H2,1H3/t9-/m0/s1. The molecule has 0 heterocycles. The van der Waals surface area contributed by atoms with Gasteiger partial charge in [0, 0.05) is 0 Å². The predicted molar refractivity (Wildman–Crippen MR) is 48.9 cm³/mol. The zero-order valence-corrected chi connectivity index (χ0v) is 8.08. The van der Waals surface area contributed by atoms with Crippen molar-refractivity contribution in [1.29, 1.82) is 0 Å². The van der Waals surface area contributed by atoms with Gasteiger partial charge in [-0.3, -0.25) is 0 Å². The number of hydrogen-bond acceptors (Lipinski definition) is 2. The van der Waals surface area contributed by atoms with Crippen molar-refractivity contribution in [3.8, 4) is 5.75 Å². The molecule has 1 N–H and O–H groups in total. The molecule has 1 atom stereocenters. The number of benzene rings is 1. The molecule has 0 fully saturated rings. The first-order valence-electron chi connectivity index (χ1n) is 4.30. The highest BCUT2D eigenvalue weighted by atomic mass is 19.4. The first-order valence-corrected chi connectivity index (χ1v) is 4.30. The predicted octanol–water partition coefficient (Wildman–Crippen LogP) is 2.33. The Hall–Kier alpha value is -1.23. The van der Waals surface area contributed by atoms with Gasteiger partial charge in [-0.1, -0.05) is 12.1 Å². The van der Waals surface area contributed by atoms with E-state index in [1.165, 1.54) is 31.4 Å². The Kier molecular flexibility index (Phi) is 3.57. The van der Waals surface area contributed by atoms with Gasteiger partial charge in [-0.15, -0.1) is 0 Å².